The molecule has 0 aliphatic carbocycles. The van der Waals surface area contributed by atoms with Crippen LogP contribution >= 0.6 is 0 Å². The number of aliphatic hydroxyl groups excluding tert-OH is 1. The molecule has 1 unspecified atom stereocenters. The molecule has 0 aromatic heterocycles. The molecule has 1 N–H and O–H groups in total. The van der Waals surface area contributed by atoms with Gasteiger partial charge in [0.15, 0.2) is 0 Å². The van der Waals surface area contributed by atoms with E-state index in [0.29, 0.717) is 0 Å². The third-order valence-electron chi connectivity index (χ3n) is 2.29. The minimum absolute atomic E-state index is 0.117. The van der Waals surface area contributed by atoms with Crippen molar-refractivity contribution in [1.82, 2.24) is 0 Å². The molecule has 0 aromatic rings. The Hall–Kier alpha value is -0.0800. The first-order valence-corrected chi connectivity index (χ1v) is 5.92. The van der Waals surface area contributed by atoms with Crippen LogP contribution in [0, 0.1) is 5.92 Å². The van der Waals surface area contributed by atoms with Gasteiger partial charge in [-0.05, 0) is 31.6 Å². The molecule has 0 heterocycles. The standard InChI is InChI=1S/C12H26O2/c1-4-6-12(13)7-5-9-14-10-8-11(2)3/h11-13H,4-10H2,1-3H3. The molecule has 0 amide bonds. The maximum absolute atomic E-state index is 9.44. The number of hydrogen-bond acceptors (Lipinski definition) is 2. The van der Waals surface area contributed by atoms with Gasteiger partial charge in [-0.15, -0.1) is 0 Å². The smallest absolute Gasteiger partial charge is 0.0541 e. The normalized spacial score (nSPS) is 13.5. The summed E-state index contributed by atoms with van der Waals surface area (Å²) in [5, 5.41) is 9.44. The third-order valence-corrected chi connectivity index (χ3v) is 2.29. The Kier molecular flexibility index (Phi) is 9.42. The van der Waals surface area contributed by atoms with Gasteiger partial charge in [0.25, 0.3) is 0 Å². The van der Waals surface area contributed by atoms with E-state index >= 15 is 0 Å². The molecule has 0 aromatic carbocycles. The minimum atomic E-state index is -0.117. The van der Waals surface area contributed by atoms with E-state index < -0.39 is 0 Å². The number of ether oxygens (including phenoxy) is 1. The van der Waals surface area contributed by atoms with Crippen LogP contribution in [0.25, 0.3) is 0 Å². The van der Waals surface area contributed by atoms with Crippen molar-refractivity contribution in [3.63, 3.8) is 0 Å². The summed E-state index contributed by atoms with van der Waals surface area (Å²) in [4.78, 5) is 0. The second-order valence-electron chi connectivity index (χ2n) is 4.38. The summed E-state index contributed by atoms with van der Waals surface area (Å²) in [5.74, 6) is 0.723. The van der Waals surface area contributed by atoms with Crippen molar-refractivity contribution in [2.45, 2.75) is 59.0 Å². The zero-order valence-corrected chi connectivity index (χ0v) is 9.96. The fourth-order valence-electron chi connectivity index (χ4n) is 1.32. The highest BCUT2D eigenvalue weighted by Crippen LogP contribution is 2.05. The summed E-state index contributed by atoms with van der Waals surface area (Å²) in [5.41, 5.74) is 0. The van der Waals surface area contributed by atoms with Crippen molar-refractivity contribution in [2.75, 3.05) is 13.2 Å². The van der Waals surface area contributed by atoms with E-state index in [1.165, 1.54) is 0 Å². The van der Waals surface area contributed by atoms with Crippen molar-refractivity contribution in [3.05, 3.63) is 0 Å². The SMILES string of the molecule is CCCC(O)CCCOCCC(C)C. The number of aliphatic hydroxyl groups is 1. The predicted molar refractivity (Wildman–Crippen MR) is 60.4 cm³/mol. The molecular weight excluding hydrogens is 176 g/mol. The van der Waals surface area contributed by atoms with Crippen LogP contribution in [0.4, 0.5) is 0 Å². The Morgan fingerprint density at radius 3 is 2.36 bits per heavy atom. The molecule has 0 aliphatic rings. The average molecular weight is 202 g/mol. The Labute approximate surface area is 88.7 Å². The molecule has 86 valence electrons. The second-order valence-corrected chi connectivity index (χ2v) is 4.38. The van der Waals surface area contributed by atoms with Gasteiger partial charge < -0.3 is 9.84 Å². The van der Waals surface area contributed by atoms with E-state index in [9.17, 15) is 5.11 Å². The van der Waals surface area contributed by atoms with Gasteiger partial charge in [-0.2, -0.15) is 0 Å². The zero-order valence-electron chi connectivity index (χ0n) is 9.96. The summed E-state index contributed by atoms with van der Waals surface area (Å²) < 4.78 is 5.46. The van der Waals surface area contributed by atoms with Gasteiger partial charge >= 0.3 is 0 Å². The van der Waals surface area contributed by atoms with Crippen molar-refractivity contribution in [2.24, 2.45) is 5.92 Å². The van der Waals surface area contributed by atoms with Crippen molar-refractivity contribution >= 4 is 0 Å². The summed E-state index contributed by atoms with van der Waals surface area (Å²) in [6.45, 7) is 8.17. The van der Waals surface area contributed by atoms with Crippen LogP contribution in [0.5, 0.6) is 0 Å². The monoisotopic (exact) mass is 202 g/mol. The largest absolute Gasteiger partial charge is 0.393 e. The molecule has 0 fully saturated rings. The van der Waals surface area contributed by atoms with Gasteiger partial charge in [0.2, 0.25) is 0 Å². The molecule has 0 saturated carbocycles. The second kappa shape index (κ2) is 9.47. The molecule has 2 nitrogen and oxygen atoms in total. The van der Waals surface area contributed by atoms with Crippen LogP contribution in [0.15, 0.2) is 0 Å². The molecule has 2 heteroatoms. The van der Waals surface area contributed by atoms with E-state index in [1.807, 2.05) is 0 Å². The molecule has 0 radical (unpaired) electrons. The van der Waals surface area contributed by atoms with Crippen LogP contribution in [0.1, 0.15) is 52.9 Å². The first-order valence-electron chi connectivity index (χ1n) is 5.92. The molecule has 0 saturated heterocycles. The minimum Gasteiger partial charge on any atom is -0.393 e. The Bertz CT molecular complexity index is 113. The fraction of sp³-hybridized carbons (Fsp3) is 1.00. The summed E-state index contributed by atoms with van der Waals surface area (Å²) >= 11 is 0. The van der Waals surface area contributed by atoms with Gasteiger partial charge in [-0.1, -0.05) is 27.2 Å². The van der Waals surface area contributed by atoms with Crippen LogP contribution in [-0.4, -0.2) is 24.4 Å². The number of hydrogen-bond donors (Lipinski definition) is 1. The average Bonchev–Trinajstić information content (AvgIpc) is 2.11. The number of rotatable bonds is 9. The highest BCUT2D eigenvalue weighted by molar-refractivity contribution is 4.54. The quantitative estimate of drug-likeness (QED) is 0.582. The third kappa shape index (κ3) is 10.0. The maximum Gasteiger partial charge on any atom is 0.0541 e. The molecule has 0 aliphatic heterocycles. The zero-order chi connectivity index (χ0) is 10.8. The molecule has 1 atom stereocenters. The fourth-order valence-corrected chi connectivity index (χ4v) is 1.32. The maximum atomic E-state index is 9.44. The van der Waals surface area contributed by atoms with Crippen LogP contribution < -0.4 is 0 Å². The lowest BCUT2D eigenvalue weighted by Crippen LogP contribution is -2.08. The first-order chi connectivity index (χ1) is 6.66. The Balaban J connectivity index is 3.05. The predicted octanol–water partition coefficient (Wildman–Crippen LogP) is 2.99. The van der Waals surface area contributed by atoms with Crippen molar-refractivity contribution in [1.29, 1.82) is 0 Å². The molecule has 0 rings (SSSR count). The summed E-state index contributed by atoms with van der Waals surface area (Å²) in [7, 11) is 0. The van der Waals surface area contributed by atoms with Crippen molar-refractivity contribution < 1.29 is 9.84 Å². The lowest BCUT2D eigenvalue weighted by Gasteiger charge is -2.09. The molecule has 0 bridgehead atoms. The lowest BCUT2D eigenvalue weighted by molar-refractivity contribution is 0.0971. The van der Waals surface area contributed by atoms with Gasteiger partial charge in [-0.3, -0.25) is 0 Å². The van der Waals surface area contributed by atoms with Gasteiger partial charge in [0.05, 0.1) is 6.10 Å². The first kappa shape index (κ1) is 13.9. The van der Waals surface area contributed by atoms with Gasteiger partial charge in [0, 0.05) is 13.2 Å². The summed E-state index contributed by atoms with van der Waals surface area (Å²) in [6.07, 6.45) is 4.88. The molecule has 0 spiro atoms. The molecular formula is C12H26O2. The van der Waals surface area contributed by atoms with E-state index in [-0.39, 0.29) is 6.10 Å². The van der Waals surface area contributed by atoms with Gasteiger partial charge in [-0.25, -0.2) is 0 Å². The molecule has 14 heavy (non-hydrogen) atoms. The van der Waals surface area contributed by atoms with E-state index in [2.05, 4.69) is 20.8 Å². The lowest BCUT2D eigenvalue weighted by atomic mass is 10.1. The van der Waals surface area contributed by atoms with E-state index in [0.717, 1.165) is 51.2 Å². The van der Waals surface area contributed by atoms with E-state index in [4.69, 9.17) is 4.74 Å². The van der Waals surface area contributed by atoms with Crippen molar-refractivity contribution in [3.8, 4) is 0 Å². The summed E-state index contributed by atoms with van der Waals surface area (Å²) in [6, 6.07) is 0. The highest BCUT2D eigenvalue weighted by Gasteiger charge is 2.01. The van der Waals surface area contributed by atoms with E-state index in [1.54, 1.807) is 0 Å². The Morgan fingerprint density at radius 2 is 1.79 bits per heavy atom. The Morgan fingerprint density at radius 1 is 1.07 bits per heavy atom. The highest BCUT2D eigenvalue weighted by atomic mass is 16.5. The van der Waals surface area contributed by atoms with Gasteiger partial charge in [0.1, 0.15) is 0 Å². The topological polar surface area (TPSA) is 29.5 Å². The van der Waals surface area contributed by atoms with Crippen LogP contribution in [-0.2, 0) is 4.74 Å². The van der Waals surface area contributed by atoms with Crippen LogP contribution in [0.3, 0.4) is 0 Å². The van der Waals surface area contributed by atoms with Crippen LogP contribution in [0.2, 0.25) is 0 Å².